The molecular formula is C26H36N2O5. The zero-order valence-corrected chi connectivity index (χ0v) is 20.4. The normalized spacial score (nSPS) is 11.8. The summed E-state index contributed by atoms with van der Waals surface area (Å²) in [4.78, 5) is 25.5. The minimum atomic E-state index is -0.667. The summed E-state index contributed by atoms with van der Waals surface area (Å²) >= 11 is 0. The highest BCUT2D eigenvalue weighted by atomic mass is 16.5. The van der Waals surface area contributed by atoms with Gasteiger partial charge in [-0.25, -0.2) is 0 Å². The van der Waals surface area contributed by atoms with Gasteiger partial charge in [0.05, 0.1) is 20.8 Å². The second-order valence-corrected chi connectivity index (χ2v) is 8.66. The molecule has 0 aliphatic carbocycles. The Balaban J connectivity index is 1.98. The fraction of sp³-hybridized carbons (Fsp3) is 0.462. The maximum atomic E-state index is 12.9. The largest absolute Gasteiger partial charge is 0.497 e. The van der Waals surface area contributed by atoms with E-state index in [2.05, 4.69) is 24.5 Å². The van der Waals surface area contributed by atoms with Crippen molar-refractivity contribution in [3.05, 3.63) is 53.6 Å². The minimum absolute atomic E-state index is 0.0848. The van der Waals surface area contributed by atoms with Crippen LogP contribution in [0.2, 0.25) is 0 Å². The molecule has 0 saturated heterocycles. The Morgan fingerprint density at radius 3 is 2.18 bits per heavy atom. The molecular weight excluding hydrogens is 420 g/mol. The molecule has 1 unspecified atom stereocenters. The van der Waals surface area contributed by atoms with Crippen LogP contribution in [0.3, 0.4) is 0 Å². The van der Waals surface area contributed by atoms with Crippen molar-refractivity contribution in [3.8, 4) is 17.2 Å². The molecule has 0 aliphatic heterocycles. The van der Waals surface area contributed by atoms with E-state index in [4.69, 9.17) is 14.2 Å². The lowest BCUT2D eigenvalue weighted by atomic mass is 10.0. The van der Waals surface area contributed by atoms with Gasteiger partial charge in [-0.2, -0.15) is 0 Å². The van der Waals surface area contributed by atoms with Crippen LogP contribution in [0.1, 0.15) is 50.0 Å². The lowest BCUT2D eigenvalue weighted by molar-refractivity contribution is -0.124. The average molecular weight is 457 g/mol. The monoisotopic (exact) mass is 456 g/mol. The lowest BCUT2D eigenvalue weighted by Crippen LogP contribution is -2.49. The molecule has 0 saturated carbocycles. The van der Waals surface area contributed by atoms with Crippen LogP contribution >= 0.6 is 0 Å². The van der Waals surface area contributed by atoms with Gasteiger partial charge in [-0.05, 0) is 60.2 Å². The average Bonchev–Trinajstić information content (AvgIpc) is 2.80. The minimum Gasteiger partial charge on any atom is -0.497 e. The Hall–Kier alpha value is -3.22. The van der Waals surface area contributed by atoms with E-state index in [9.17, 15) is 9.59 Å². The molecule has 180 valence electrons. The van der Waals surface area contributed by atoms with Crippen LogP contribution in [0.5, 0.6) is 17.2 Å². The van der Waals surface area contributed by atoms with Gasteiger partial charge in [0.2, 0.25) is 5.91 Å². The van der Waals surface area contributed by atoms with Crippen LogP contribution in [0.4, 0.5) is 0 Å². The molecule has 7 nitrogen and oxygen atoms in total. The first-order chi connectivity index (χ1) is 15.7. The topological polar surface area (TPSA) is 85.9 Å². The zero-order chi connectivity index (χ0) is 24.4. The van der Waals surface area contributed by atoms with Gasteiger partial charge in [-0.3, -0.25) is 9.59 Å². The summed E-state index contributed by atoms with van der Waals surface area (Å²) in [5.41, 5.74) is 1.34. The number of hydrogen-bond acceptors (Lipinski definition) is 5. The van der Waals surface area contributed by atoms with Crippen molar-refractivity contribution in [3.63, 3.8) is 0 Å². The van der Waals surface area contributed by atoms with Crippen LogP contribution < -0.4 is 24.8 Å². The van der Waals surface area contributed by atoms with Gasteiger partial charge in [-0.15, -0.1) is 0 Å². The zero-order valence-electron chi connectivity index (χ0n) is 20.4. The molecule has 0 heterocycles. The molecule has 0 aliphatic rings. The van der Waals surface area contributed by atoms with E-state index in [1.807, 2.05) is 32.0 Å². The molecule has 2 rings (SSSR count). The maximum Gasteiger partial charge on any atom is 0.251 e. The Kier molecular flexibility index (Phi) is 10.0. The fourth-order valence-electron chi connectivity index (χ4n) is 3.15. The van der Waals surface area contributed by atoms with E-state index in [0.717, 1.165) is 12.0 Å². The van der Waals surface area contributed by atoms with Crippen LogP contribution in [0.15, 0.2) is 42.5 Å². The van der Waals surface area contributed by atoms with Crippen LogP contribution in [0.25, 0.3) is 0 Å². The van der Waals surface area contributed by atoms with Crippen molar-refractivity contribution < 1.29 is 23.8 Å². The summed E-state index contributed by atoms with van der Waals surface area (Å²) in [5, 5.41) is 5.75. The maximum absolute atomic E-state index is 12.9. The standard InChI is InChI=1S/C26H36N2O5/c1-17(2)13-14-33-22-12-7-19(15-23(22)32-6)16-27-26(30)24(18(3)4)28-25(29)20-8-10-21(31-5)11-9-20/h7-12,15,17-18,24H,13-14,16H2,1-6H3,(H,27,30)(H,28,29). The summed E-state index contributed by atoms with van der Waals surface area (Å²) in [6.07, 6.45) is 0.958. The highest BCUT2D eigenvalue weighted by molar-refractivity contribution is 5.97. The molecule has 0 radical (unpaired) electrons. The van der Waals surface area contributed by atoms with E-state index in [0.29, 0.717) is 41.9 Å². The smallest absolute Gasteiger partial charge is 0.251 e. The predicted octanol–water partition coefficient (Wildman–Crippen LogP) is 4.20. The number of benzene rings is 2. The third-order valence-electron chi connectivity index (χ3n) is 5.24. The van der Waals surface area contributed by atoms with Gasteiger partial charge in [0.1, 0.15) is 11.8 Å². The molecule has 0 fully saturated rings. The number of nitrogens with one attached hydrogen (secondary N) is 2. The lowest BCUT2D eigenvalue weighted by Gasteiger charge is -2.22. The number of ether oxygens (including phenoxy) is 3. The third-order valence-corrected chi connectivity index (χ3v) is 5.24. The highest BCUT2D eigenvalue weighted by Gasteiger charge is 2.24. The van der Waals surface area contributed by atoms with Crippen molar-refractivity contribution in [2.45, 2.75) is 46.7 Å². The number of methoxy groups -OCH3 is 2. The Morgan fingerprint density at radius 2 is 1.61 bits per heavy atom. The summed E-state index contributed by atoms with van der Waals surface area (Å²) in [6.45, 7) is 9.01. The molecule has 2 aromatic rings. The molecule has 0 spiro atoms. The van der Waals surface area contributed by atoms with Crippen molar-refractivity contribution >= 4 is 11.8 Å². The first-order valence-electron chi connectivity index (χ1n) is 11.3. The van der Waals surface area contributed by atoms with Crippen molar-refractivity contribution in [2.24, 2.45) is 11.8 Å². The quantitative estimate of drug-likeness (QED) is 0.500. The number of amides is 2. The van der Waals surface area contributed by atoms with E-state index >= 15 is 0 Å². The molecule has 2 aromatic carbocycles. The SMILES string of the molecule is COc1ccc(C(=O)NC(C(=O)NCc2ccc(OCCC(C)C)c(OC)c2)C(C)C)cc1. The number of carbonyl (C=O) groups is 2. The van der Waals surface area contributed by atoms with E-state index in [-0.39, 0.29) is 17.7 Å². The number of carbonyl (C=O) groups excluding carboxylic acids is 2. The Labute approximate surface area is 196 Å². The van der Waals surface area contributed by atoms with Gasteiger partial charge >= 0.3 is 0 Å². The molecule has 33 heavy (non-hydrogen) atoms. The predicted molar refractivity (Wildman–Crippen MR) is 129 cm³/mol. The summed E-state index contributed by atoms with van der Waals surface area (Å²) in [6, 6.07) is 11.7. The Bertz CT molecular complexity index is 909. The first kappa shape index (κ1) is 26.0. The van der Waals surface area contributed by atoms with Crippen LogP contribution in [0, 0.1) is 11.8 Å². The van der Waals surface area contributed by atoms with Gasteiger partial charge < -0.3 is 24.8 Å². The van der Waals surface area contributed by atoms with Crippen LogP contribution in [-0.4, -0.2) is 38.7 Å². The first-order valence-corrected chi connectivity index (χ1v) is 11.3. The molecule has 0 bridgehead atoms. The molecule has 2 amide bonds. The summed E-state index contributed by atoms with van der Waals surface area (Å²) in [7, 11) is 3.16. The van der Waals surface area contributed by atoms with Crippen molar-refractivity contribution in [1.82, 2.24) is 10.6 Å². The van der Waals surface area contributed by atoms with Gasteiger partial charge in [0, 0.05) is 12.1 Å². The van der Waals surface area contributed by atoms with E-state index < -0.39 is 6.04 Å². The number of hydrogen-bond donors (Lipinski definition) is 2. The van der Waals surface area contributed by atoms with Gasteiger partial charge in [0.25, 0.3) is 5.91 Å². The molecule has 2 N–H and O–H groups in total. The number of rotatable bonds is 12. The second kappa shape index (κ2) is 12.7. The molecule has 7 heteroatoms. The van der Waals surface area contributed by atoms with Crippen molar-refractivity contribution in [1.29, 1.82) is 0 Å². The highest BCUT2D eigenvalue weighted by Crippen LogP contribution is 2.28. The second-order valence-electron chi connectivity index (χ2n) is 8.66. The summed E-state index contributed by atoms with van der Waals surface area (Å²) in [5.74, 6) is 1.89. The van der Waals surface area contributed by atoms with Gasteiger partial charge in [0.15, 0.2) is 11.5 Å². The summed E-state index contributed by atoms with van der Waals surface area (Å²) < 4.78 is 16.4. The molecule has 1 atom stereocenters. The van der Waals surface area contributed by atoms with Crippen LogP contribution in [-0.2, 0) is 11.3 Å². The van der Waals surface area contributed by atoms with E-state index in [1.54, 1.807) is 38.5 Å². The van der Waals surface area contributed by atoms with Gasteiger partial charge in [-0.1, -0.05) is 33.8 Å². The van der Waals surface area contributed by atoms with Crippen molar-refractivity contribution in [2.75, 3.05) is 20.8 Å². The third kappa shape index (κ3) is 8.00. The molecule has 0 aromatic heterocycles. The van der Waals surface area contributed by atoms with E-state index in [1.165, 1.54) is 0 Å². The Morgan fingerprint density at radius 1 is 0.909 bits per heavy atom. The fourth-order valence-corrected chi connectivity index (χ4v) is 3.15.